The summed E-state index contributed by atoms with van der Waals surface area (Å²) in [5.74, 6) is 0.868. The molecule has 0 N–H and O–H groups in total. The molecule has 1 aromatic heterocycles. The number of sulfone groups is 1. The lowest BCUT2D eigenvalue weighted by Gasteiger charge is -2.29. The van der Waals surface area contributed by atoms with E-state index < -0.39 is 9.84 Å². The number of carbonyl (C=O) groups excluding carboxylic acids is 1. The number of aromatic nitrogens is 2. The minimum Gasteiger partial charge on any atom is -0.338 e. The first-order valence-corrected chi connectivity index (χ1v) is 10.2. The standard InChI is InChI=1S/C14H23N3O3S2/c1-11(2)8-17(12-4-7-22(19,20)10-12)13(18)9-21-14-15-5-6-16(14)3/h5-6,11-12H,4,7-10H2,1-3H3/t12-/m1/s1. The van der Waals surface area contributed by atoms with Crippen molar-refractivity contribution in [2.24, 2.45) is 13.0 Å². The van der Waals surface area contributed by atoms with Gasteiger partial charge in [-0.15, -0.1) is 0 Å². The SMILES string of the molecule is CC(C)CN(C(=O)CSc1nccn1C)[C@@H]1CCS(=O)(=O)C1. The Morgan fingerprint density at radius 1 is 1.55 bits per heavy atom. The summed E-state index contributed by atoms with van der Waals surface area (Å²) in [6, 6.07) is -0.179. The molecule has 1 aromatic rings. The third kappa shape index (κ3) is 4.49. The Labute approximate surface area is 136 Å². The molecule has 1 fully saturated rings. The predicted molar refractivity (Wildman–Crippen MR) is 87.5 cm³/mol. The average molecular weight is 345 g/mol. The van der Waals surface area contributed by atoms with Crippen molar-refractivity contribution in [1.82, 2.24) is 14.5 Å². The van der Waals surface area contributed by atoms with E-state index in [0.29, 0.717) is 18.9 Å². The molecule has 0 unspecified atom stereocenters. The van der Waals surface area contributed by atoms with Gasteiger partial charge in [-0.2, -0.15) is 0 Å². The van der Waals surface area contributed by atoms with Crippen LogP contribution in [-0.2, 0) is 21.7 Å². The molecule has 1 saturated heterocycles. The fraction of sp³-hybridized carbons (Fsp3) is 0.714. The first-order valence-electron chi connectivity index (χ1n) is 7.38. The van der Waals surface area contributed by atoms with E-state index >= 15 is 0 Å². The molecular formula is C14H23N3O3S2. The number of imidazole rings is 1. The highest BCUT2D eigenvalue weighted by molar-refractivity contribution is 7.99. The molecule has 0 aromatic carbocycles. The zero-order chi connectivity index (χ0) is 16.3. The van der Waals surface area contributed by atoms with E-state index in [0.717, 1.165) is 5.16 Å². The molecule has 6 nitrogen and oxygen atoms in total. The van der Waals surface area contributed by atoms with Gasteiger partial charge in [-0.05, 0) is 12.3 Å². The van der Waals surface area contributed by atoms with Gasteiger partial charge in [-0.25, -0.2) is 13.4 Å². The summed E-state index contributed by atoms with van der Waals surface area (Å²) < 4.78 is 25.2. The Bertz CT molecular complexity index is 625. The Kier molecular flexibility index (Phi) is 5.55. The molecule has 22 heavy (non-hydrogen) atoms. The van der Waals surface area contributed by atoms with Crippen molar-refractivity contribution >= 4 is 27.5 Å². The molecule has 0 radical (unpaired) electrons. The van der Waals surface area contributed by atoms with Gasteiger partial charge >= 0.3 is 0 Å². The number of hydrogen-bond acceptors (Lipinski definition) is 5. The number of carbonyl (C=O) groups is 1. The van der Waals surface area contributed by atoms with Crippen molar-refractivity contribution < 1.29 is 13.2 Å². The number of nitrogens with zero attached hydrogens (tertiary/aromatic N) is 3. The van der Waals surface area contributed by atoms with Gasteiger partial charge < -0.3 is 9.47 Å². The van der Waals surface area contributed by atoms with Crippen molar-refractivity contribution in [1.29, 1.82) is 0 Å². The second-order valence-electron chi connectivity index (χ2n) is 6.11. The molecule has 8 heteroatoms. The van der Waals surface area contributed by atoms with E-state index in [2.05, 4.69) is 4.98 Å². The molecule has 2 heterocycles. The normalized spacial score (nSPS) is 20.5. The van der Waals surface area contributed by atoms with E-state index in [1.54, 1.807) is 11.1 Å². The lowest BCUT2D eigenvalue weighted by molar-refractivity contribution is -0.130. The van der Waals surface area contributed by atoms with E-state index in [1.165, 1.54) is 11.8 Å². The van der Waals surface area contributed by atoms with Gasteiger partial charge in [0, 0.05) is 32.0 Å². The lowest BCUT2D eigenvalue weighted by atomic mass is 10.1. The van der Waals surface area contributed by atoms with Crippen LogP contribution in [-0.4, -0.2) is 58.6 Å². The van der Waals surface area contributed by atoms with Crippen molar-refractivity contribution in [3.63, 3.8) is 0 Å². The summed E-state index contributed by atoms with van der Waals surface area (Å²) in [7, 11) is -1.11. The van der Waals surface area contributed by atoms with Crippen molar-refractivity contribution in [3.8, 4) is 0 Å². The topological polar surface area (TPSA) is 72.3 Å². The largest absolute Gasteiger partial charge is 0.338 e. The van der Waals surface area contributed by atoms with E-state index in [4.69, 9.17) is 0 Å². The number of amides is 1. The van der Waals surface area contributed by atoms with Gasteiger partial charge in [-0.1, -0.05) is 25.6 Å². The average Bonchev–Trinajstić information content (AvgIpc) is 2.98. The maximum atomic E-state index is 12.6. The summed E-state index contributed by atoms with van der Waals surface area (Å²) >= 11 is 1.39. The predicted octanol–water partition coefficient (Wildman–Crippen LogP) is 1.18. The van der Waals surface area contributed by atoms with Crippen LogP contribution >= 0.6 is 11.8 Å². The van der Waals surface area contributed by atoms with Crippen molar-refractivity contribution in [2.45, 2.75) is 31.5 Å². The second-order valence-corrected chi connectivity index (χ2v) is 9.28. The van der Waals surface area contributed by atoms with E-state index in [1.807, 2.05) is 31.7 Å². The summed E-state index contributed by atoms with van der Waals surface area (Å²) in [6.45, 7) is 4.67. The van der Waals surface area contributed by atoms with Gasteiger partial charge in [0.15, 0.2) is 15.0 Å². The molecular weight excluding hydrogens is 322 g/mol. The maximum absolute atomic E-state index is 12.6. The molecule has 0 aliphatic carbocycles. The highest BCUT2D eigenvalue weighted by atomic mass is 32.2. The highest BCUT2D eigenvalue weighted by Crippen LogP contribution is 2.22. The van der Waals surface area contributed by atoms with Crippen LogP contribution in [0.4, 0.5) is 0 Å². The number of thioether (sulfide) groups is 1. The fourth-order valence-electron chi connectivity index (χ4n) is 2.57. The summed E-state index contributed by atoms with van der Waals surface area (Å²) in [5, 5.41) is 0.789. The van der Waals surface area contributed by atoms with Crippen LogP contribution < -0.4 is 0 Å². The van der Waals surface area contributed by atoms with Crippen LogP contribution in [0.25, 0.3) is 0 Å². The van der Waals surface area contributed by atoms with Gasteiger partial charge in [0.25, 0.3) is 0 Å². The van der Waals surface area contributed by atoms with Crippen molar-refractivity contribution in [3.05, 3.63) is 12.4 Å². The third-order valence-electron chi connectivity index (χ3n) is 3.63. The summed E-state index contributed by atoms with van der Waals surface area (Å²) in [5.41, 5.74) is 0. The van der Waals surface area contributed by atoms with Crippen LogP contribution in [0, 0.1) is 5.92 Å². The Morgan fingerprint density at radius 2 is 2.27 bits per heavy atom. The van der Waals surface area contributed by atoms with Gasteiger partial charge in [-0.3, -0.25) is 4.79 Å². The fourth-order valence-corrected chi connectivity index (χ4v) is 5.12. The van der Waals surface area contributed by atoms with E-state index in [-0.39, 0.29) is 29.2 Å². The lowest BCUT2D eigenvalue weighted by Crippen LogP contribution is -2.44. The first kappa shape index (κ1) is 17.3. The van der Waals surface area contributed by atoms with E-state index in [9.17, 15) is 13.2 Å². The highest BCUT2D eigenvalue weighted by Gasteiger charge is 2.34. The molecule has 1 aliphatic rings. The van der Waals surface area contributed by atoms with Crippen LogP contribution in [0.5, 0.6) is 0 Å². The van der Waals surface area contributed by atoms with Crippen LogP contribution in [0.3, 0.4) is 0 Å². The summed E-state index contributed by atoms with van der Waals surface area (Å²) in [4.78, 5) is 18.5. The third-order valence-corrected chi connectivity index (χ3v) is 6.43. The molecule has 0 bridgehead atoms. The molecule has 0 saturated carbocycles. The van der Waals surface area contributed by atoms with Gasteiger partial charge in [0.05, 0.1) is 17.3 Å². The van der Waals surface area contributed by atoms with Gasteiger partial charge in [0.1, 0.15) is 0 Å². The Hall–Kier alpha value is -1.02. The maximum Gasteiger partial charge on any atom is 0.233 e. The molecule has 0 spiro atoms. The number of aryl methyl sites for hydroxylation is 1. The minimum atomic E-state index is -2.99. The summed E-state index contributed by atoms with van der Waals surface area (Å²) in [6.07, 6.45) is 4.08. The molecule has 1 aliphatic heterocycles. The van der Waals surface area contributed by atoms with Gasteiger partial charge in [0.2, 0.25) is 5.91 Å². The molecule has 2 rings (SSSR count). The van der Waals surface area contributed by atoms with Crippen molar-refractivity contribution in [2.75, 3.05) is 23.8 Å². The quantitative estimate of drug-likeness (QED) is 0.724. The molecule has 124 valence electrons. The minimum absolute atomic E-state index is 0.0104. The molecule has 1 atom stereocenters. The Balaban J connectivity index is 2.02. The Morgan fingerprint density at radius 3 is 2.77 bits per heavy atom. The number of rotatable bonds is 6. The van der Waals surface area contributed by atoms with Crippen LogP contribution in [0.2, 0.25) is 0 Å². The van der Waals surface area contributed by atoms with Crippen LogP contribution in [0.1, 0.15) is 20.3 Å². The zero-order valence-corrected chi connectivity index (χ0v) is 14.9. The monoisotopic (exact) mass is 345 g/mol. The molecule has 1 amide bonds. The first-order chi connectivity index (χ1) is 10.3. The number of hydrogen-bond donors (Lipinski definition) is 0. The van der Waals surface area contributed by atoms with Crippen LogP contribution in [0.15, 0.2) is 17.6 Å². The zero-order valence-electron chi connectivity index (χ0n) is 13.2. The second kappa shape index (κ2) is 7.04. The smallest absolute Gasteiger partial charge is 0.233 e.